The predicted molar refractivity (Wildman–Crippen MR) is 69.7 cm³/mol. The number of hydrogen-bond donors (Lipinski definition) is 2. The first-order valence-electron chi connectivity index (χ1n) is 6.14. The molecular formula is C14H19N3. The second-order valence-electron chi connectivity index (χ2n) is 4.35. The van der Waals surface area contributed by atoms with Gasteiger partial charge in [0.05, 0.1) is 12.2 Å². The Morgan fingerprint density at radius 1 is 1.24 bits per heavy atom. The van der Waals surface area contributed by atoms with Crippen molar-refractivity contribution in [2.24, 2.45) is 5.73 Å². The standard InChI is InChI=1S/C14H19N3/c1-2-3-4-11-5-7-12(8-6-11)14(15)13-9-16-17-10-13/h5-10,14H,2-4,15H2,1H3,(H,16,17). The summed E-state index contributed by atoms with van der Waals surface area (Å²) >= 11 is 0. The molecule has 2 rings (SSSR count). The summed E-state index contributed by atoms with van der Waals surface area (Å²) in [7, 11) is 0. The molecule has 0 fully saturated rings. The average molecular weight is 229 g/mol. The fourth-order valence-corrected chi connectivity index (χ4v) is 1.90. The van der Waals surface area contributed by atoms with Gasteiger partial charge in [-0.05, 0) is 24.0 Å². The monoisotopic (exact) mass is 229 g/mol. The Morgan fingerprint density at radius 2 is 2.00 bits per heavy atom. The lowest BCUT2D eigenvalue weighted by atomic mass is 10.00. The molecule has 90 valence electrons. The van der Waals surface area contributed by atoms with E-state index in [2.05, 4.69) is 41.4 Å². The Balaban J connectivity index is 2.07. The highest BCUT2D eigenvalue weighted by Gasteiger charge is 2.09. The Bertz CT molecular complexity index is 431. The number of aryl methyl sites for hydroxylation is 1. The van der Waals surface area contributed by atoms with Crippen molar-refractivity contribution in [3.8, 4) is 0 Å². The van der Waals surface area contributed by atoms with Gasteiger partial charge in [-0.1, -0.05) is 37.6 Å². The molecule has 0 bridgehead atoms. The number of nitrogens with two attached hydrogens (primary N) is 1. The van der Waals surface area contributed by atoms with E-state index in [0.717, 1.165) is 17.5 Å². The molecule has 1 unspecified atom stereocenters. The molecular weight excluding hydrogens is 210 g/mol. The molecule has 3 heteroatoms. The molecule has 1 aromatic carbocycles. The number of aromatic amines is 1. The maximum absolute atomic E-state index is 6.15. The summed E-state index contributed by atoms with van der Waals surface area (Å²) in [5.41, 5.74) is 9.69. The van der Waals surface area contributed by atoms with Crippen molar-refractivity contribution in [3.63, 3.8) is 0 Å². The maximum Gasteiger partial charge on any atom is 0.0582 e. The van der Waals surface area contributed by atoms with E-state index >= 15 is 0 Å². The van der Waals surface area contributed by atoms with Crippen LogP contribution < -0.4 is 5.73 Å². The SMILES string of the molecule is CCCCc1ccc(C(N)c2cn[nH]c2)cc1. The maximum atomic E-state index is 6.15. The quantitative estimate of drug-likeness (QED) is 0.828. The first kappa shape index (κ1) is 11.9. The first-order valence-corrected chi connectivity index (χ1v) is 6.14. The van der Waals surface area contributed by atoms with Gasteiger partial charge in [-0.15, -0.1) is 0 Å². The van der Waals surface area contributed by atoms with E-state index in [4.69, 9.17) is 5.73 Å². The molecule has 1 heterocycles. The lowest BCUT2D eigenvalue weighted by Gasteiger charge is -2.10. The summed E-state index contributed by atoms with van der Waals surface area (Å²) in [5.74, 6) is 0. The predicted octanol–water partition coefficient (Wildman–Crippen LogP) is 2.80. The van der Waals surface area contributed by atoms with E-state index in [0.29, 0.717) is 0 Å². The molecule has 1 aromatic heterocycles. The minimum absolute atomic E-state index is 0.0889. The van der Waals surface area contributed by atoms with Crippen LogP contribution in [0.25, 0.3) is 0 Å². The van der Waals surface area contributed by atoms with Gasteiger partial charge in [0.15, 0.2) is 0 Å². The van der Waals surface area contributed by atoms with Crippen LogP contribution in [0.3, 0.4) is 0 Å². The molecule has 17 heavy (non-hydrogen) atoms. The van der Waals surface area contributed by atoms with Crippen molar-refractivity contribution in [2.45, 2.75) is 32.2 Å². The van der Waals surface area contributed by atoms with Gasteiger partial charge in [0, 0.05) is 11.8 Å². The molecule has 0 aliphatic rings. The van der Waals surface area contributed by atoms with Crippen LogP contribution in [0.5, 0.6) is 0 Å². The van der Waals surface area contributed by atoms with Crippen LogP contribution >= 0.6 is 0 Å². The Morgan fingerprint density at radius 3 is 2.59 bits per heavy atom. The van der Waals surface area contributed by atoms with E-state index in [9.17, 15) is 0 Å². The van der Waals surface area contributed by atoms with Gasteiger partial charge in [0.1, 0.15) is 0 Å². The highest BCUT2D eigenvalue weighted by atomic mass is 15.1. The van der Waals surface area contributed by atoms with Gasteiger partial charge in [-0.25, -0.2) is 0 Å². The fraction of sp³-hybridized carbons (Fsp3) is 0.357. The number of nitrogens with zero attached hydrogens (tertiary/aromatic N) is 1. The van der Waals surface area contributed by atoms with E-state index in [1.807, 2.05) is 6.20 Å². The number of unbranched alkanes of at least 4 members (excludes halogenated alkanes) is 1. The van der Waals surface area contributed by atoms with Crippen LogP contribution in [-0.4, -0.2) is 10.2 Å². The number of nitrogens with one attached hydrogen (secondary N) is 1. The van der Waals surface area contributed by atoms with Crippen LogP contribution in [0.2, 0.25) is 0 Å². The highest BCUT2D eigenvalue weighted by Crippen LogP contribution is 2.19. The van der Waals surface area contributed by atoms with Crippen molar-refractivity contribution in [1.82, 2.24) is 10.2 Å². The molecule has 0 aliphatic heterocycles. The molecule has 2 aromatic rings. The van der Waals surface area contributed by atoms with E-state index in [1.54, 1.807) is 6.20 Å². The topological polar surface area (TPSA) is 54.7 Å². The molecule has 1 atom stereocenters. The van der Waals surface area contributed by atoms with Crippen LogP contribution in [0, 0.1) is 0 Å². The number of H-pyrrole nitrogens is 1. The molecule has 0 radical (unpaired) electrons. The second-order valence-corrected chi connectivity index (χ2v) is 4.35. The van der Waals surface area contributed by atoms with Gasteiger partial charge in [0.25, 0.3) is 0 Å². The lowest BCUT2D eigenvalue weighted by Crippen LogP contribution is -2.10. The van der Waals surface area contributed by atoms with E-state index in [1.165, 1.54) is 18.4 Å². The summed E-state index contributed by atoms with van der Waals surface area (Å²) in [6, 6.07) is 8.48. The van der Waals surface area contributed by atoms with Crippen LogP contribution in [-0.2, 0) is 6.42 Å². The van der Waals surface area contributed by atoms with Crippen molar-refractivity contribution >= 4 is 0 Å². The van der Waals surface area contributed by atoms with Crippen molar-refractivity contribution in [1.29, 1.82) is 0 Å². The van der Waals surface area contributed by atoms with E-state index in [-0.39, 0.29) is 6.04 Å². The van der Waals surface area contributed by atoms with Gasteiger partial charge in [-0.2, -0.15) is 5.10 Å². The van der Waals surface area contributed by atoms with Gasteiger partial charge < -0.3 is 5.73 Å². The van der Waals surface area contributed by atoms with Crippen molar-refractivity contribution < 1.29 is 0 Å². The first-order chi connectivity index (χ1) is 8.31. The van der Waals surface area contributed by atoms with Gasteiger partial charge >= 0.3 is 0 Å². The zero-order valence-electron chi connectivity index (χ0n) is 10.2. The molecule has 3 nitrogen and oxygen atoms in total. The third-order valence-electron chi connectivity index (χ3n) is 3.04. The zero-order chi connectivity index (χ0) is 12.1. The Labute approximate surface area is 102 Å². The molecule has 3 N–H and O–H groups in total. The minimum atomic E-state index is -0.0889. The Kier molecular flexibility index (Phi) is 3.94. The number of aromatic nitrogens is 2. The smallest absolute Gasteiger partial charge is 0.0582 e. The summed E-state index contributed by atoms with van der Waals surface area (Å²) in [6.45, 7) is 2.21. The normalized spacial score (nSPS) is 12.6. The summed E-state index contributed by atoms with van der Waals surface area (Å²) in [5, 5.41) is 6.71. The van der Waals surface area contributed by atoms with E-state index < -0.39 is 0 Å². The summed E-state index contributed by atoms with van der Waals surface area (Å²) in [4.78, 5) is 0. The number of rotatable bonds is 5. The van der Waals surface area contributed by atoms with Gasteiger partial charge in [0.2, 0.25) is 0 Å². The molecule has 0 spiro atoms. The third kappa shape index (κ3) is 2.94. The van der Waals surface area contributed by atoms with Crippen molar-refractivity contribution in [3.05, 3.63) is 53.3 Å². The fourth-order valence-electron chi connectivity index (χ4n) is 1.90. The number of hydrogen-bond acceptors (Lipinski definition) is 2. The third-order valence-corrected chi connectivity index (χ3v) is 3.04. The zero-order valence-corrected chi connectivity index (χ0v) is 10.2. The summed E-state index contributed by atoms with van der Waals surface area (Å²) < 4.78 is 0. The molecule has 0 saturated heterocycles. The molecule has 0 aliphatic carbocycles. The molecule has 0 amide bonds. The van der Waals surface area contributed by atoms with Crippen molar-refractivity contribution in [2.75, 3.05) is 0 Å². The molecule has 0 saturated carbocycles. The lowest BCUT2D eigenvalue weighted by molar-refractivity contribution is 0.793. The number of benzene rings is 1. The largest absolute Gasteiger partial charge is 0.320 e. The van der Waals surface area contributed by atoms with Gasteiger partial charge in [-0.3, -0.25) is 5.10 Å². The van der Waals surface area contributed by atoms with Crippen LogP contribution in [0.15, 0.2) is 36.7 Å². The second kappa shape index (κ2) is 5.64. The summed E-state index contributed by atoms with van der Waals surface area (Å²) in [6.07, 6.45) is 7.24. The highest BCUT2D eigenvalue weighted by molar-refractivity contribution is 5.31. The van der Waals surface area contributed by atoms with Crippen LogP contribution in [0.1, 0.15) is 42.5 Å². The average Bonchev–Trinajstić information content (AvgIpc) is 2.90. The minimum Gasteiger partial charge on any atom is -0.320 e. The van der Waals surface area contributed by atoms with Crippen LogP contribution in [0.4, 0.5) is 0 Å². The Hall–Kier alpha value is -1.61.